The average Bonchev–Trinajstić information content (AvgIpc) is 2.59. The number of ether oxygens (including phenoxy) is 2. The molecule has 0 fully saturated rings. The minimum Gasteiger partial charge on any atom is -0.508 e. The van der Waals surface area contributed by atoms with Crippen LogP contribution in [0.3, 0.4) is 0 Å². The summed E-state index contributed by atoms with van der Waals surface area (Å²) in [5.74, 6) is 2.01. The van der Waals surface area contributed by atoms with Gasteiger partial charge in [0, 0.05) is 18.2 Å². The number of phenolic OH excluding ortho intramolecular Hbond substituents is 1. The molecule has 2 rings (SSSR count). The Morgan fingerprint density at radius 1 is 1.04 bits per heavy atom. The molecule has 1 unspecified atom stereocenters. The summed E-state index contributed by atoms with van der Waals surface area (Å²) in [6.45, 7) is 2.91. The molecule has 0 aliphatic rings. The van der Waals surface area contributed by atoms with Crippen LogP contribution in [0.25, 0.3) is 0 Å². The Labute approximate surface area is 138 Å². The molecule has 124 valence electrons. The highest BCUT2D eigenvalue weighted by Gasteiger charge is 2.08. The van der Waals surface area contributed by atoms with Crippen molar-refractivity contribution in [2.45, 2.75) is 32.4 Å². The molecule has 4 heteroatoms. The van der Waals surface area contributed by atoms with Crippen molar-refractivity contribution in [2.24, 2.45) is 0 Å². The van der Waals surface area contributed by atoms with Crippen molar-refractivity contribution in [1.29, 1.82) is 0 Å². The Balaban J connectivity index is 1.86. The molecule has 2 N–H and O–H groups in total. The zero-order valence-corrected chi connectivity index (χ0v) is 14.0. The van der Waals surface area contributed by atoms with Crippen LogP contribution in [-0.4, -0.2) is 25.4 Å². The molecule has 0 saturated carbocycles. The zero-order valence-electron chi connectivity index (χ0n) is 14.0. The van der Waals surface area contributed by atoms with E-state index in [1.165, 1.54) is 5.56 Å². The fourth-order valence-corrected chi connectivity index (χ4v) is 2.45. The Morgan fingerprint density at radius 3 is 2.43 bits per heavy atom. The van der Waals surface area contributed by atoms with E-state index in [9.17, 15) is 5.11 Å². The molecular formula is C19H25NO3. The summed E-state index contributed by atoms with van der Waals surface area (Å²) >= 11 is 0. The van der Waals surface area contributed by atoms with E-state index in [0.717, 1.165) is 36.4 Å². The second kappa shape index (κ2) is 8.44. The number of aryl methyl sites for hydroxylation is 1. The second-order valence-corrected chi connectivity index (χ2v) is 5.66. The highest BCUT2D eigenvalue weighted by atomic mass is 16.5. The summed E-state index contributed by atoms with van der Waals surface area (Å²) in [5, 5.41) is 12.8. The Kier molecular flexibility index (Phi) is 6.29. The van der Waals surface area contributed by atoms with E-state index in [2.05, 4.69) is 12.2 Å². The van der Waals surface area contributed by atoms with Crippen LogP contribution in [0.15, 0.2) is 42.5 Å². The summed E-state index contributed by atoms with van der Waals surface area (Å²) in [6.07, 6.45) is 2.00. The summed E-state index contributed by atoms with van der Waals surface area (Å²) in [7, 11) is 3.35. The number of nitrogens with one attached hydrogen (secondary N) is 1. The van der Waals surface area contributed by atoms with Gasteiger partial charge in [-0.15, -0.1) is 0 Å². The number of hydrogen-bond acceptors (Lipinski definition) is 4. The lowest BCUT2D eigenvalue weighted by Gasteiger charge is -2.16. The molecule has 0 aromatic heterocycles. The first-order valence-electron chi connectivity index (χ1n) is 7.84. The summed E-state index contributed by atoms with van der Waals surface area (Å²) < 4.78 is 10.7. The first-order valence-corrected chi connectivity index (χ1v) is 7.84. The van der Waals surface area contributed by atoms with Gasteiger partial charge in [0.05, 0.1) is 14.2 Å². The number of benzene rings is 2. The van der Waals surface area contributed by atoms with Crippen molar-refractivity contribution in [3.05, 3.63) is 53.6 Å². The van der Waals surface area contributed by atoms with Gasteiger partial charge in [-0.1, -0.05) is 12.1 Å². The van der Waals surface area contributed by atoms with Gasteiger partial charge >= 0.3 is 0 Å². The van der Waals surface area contributed by atoms with Crippen molar-refractivity contribution < 1.29 is 14.6 Å². The van der Waals surface area contributed by atoms with Crippen molar-refractivity contribution in [3.8, 4) is 17.2 Å². The van der Waals surface area contributed by atoms with Crippen LogP contribution in [0.5, 0.6) is 17.2 Å². The number of hydrogen-bond donors (Lipinski definition) is 2. The molecule has 0 aliphatic heterocycles. The molecule has 23 heavy (non-hydrogen) atoms. The van der Waals surface area contributed by atoms with Crippen LogP contribution >= 0.6 is 0 Å². The highest BCUT2D eigenvalue weighted by molar-refractivity contribution is 5.40. The molecule has 0 spiro atoms. The second-order valence-electron chi connectivity index (χ2n) is 5.66. The largest absolute Gasteiger partial charge is 0.508 e. The van der Waals surface area contributed by atoms with E-state index >= 15 is 0 Å². The maximum atomic E-state index is 9.30. The minimum atomic E-state index is 0.310. The quantitative estimate of drug-likeness (QED) is 0.782. The van der Waals surface area contributed by atoms with Gasteiger partial charge in [-0.25, -0.2) is 0 Å². The SMILES string of the molecule is COc1ccc(OC)c(CNC(C)CCc2ccc(O)cc2)c1. The van der Waals surface area contributed by atoms with Gasteiger partial charge in [-0.05, 0) is 55.7 Å². The van der Waals surface area contributed by atoms with Gasteiger partial charge in [-0.2, -0.15) is 0 Å². The van der Waals surface area contributed by atoms with E-state index < -0.39 is 0 Å². The van der Waals surface area contributed by atoms with Crippen LogP contribution in [0, 0.1) is 0 Å². The molecule has 2 aromatic carbocycles. The maximum Gasteiger partial charge on any atom is 0.123 e. The lowest BCUT2D eigenvalue weighted by Crippen LogP contribution is -2.26. The highest BCUT2D eigenvalue weighted by Crippen LogP contribution is 2.24. The third kappa shape index (κ3) is 5.18. The topological polar surface area (TPSA) is 50.7 Å². The molecular weight excluding hydrogens is 290 g/mol. The summed E-state index contributed by atoms with van der Waals surface area (Å²) in [5.41, 5.74) is 2.32. The number of methoxy groups -OCH3 is 2. The lowest BCUT2D eigenvalue weighted by atomic mass is 10.1. The fourth-order valence-electron chi connectivity index (χ4n) is 2.45. The van der Waals surface area contributed by atoms with E-state index in [4.69, 9.17) is 9.47 Å². The third-order valence-electron chi connectivity index (χ3n) is 3.93. The van der Waals surface area contributed by atoms with Crippen molar-refractivity contribution >= 4 is 0 Å². The van der Waals surface area contributed by atoms with Crippen LogP contribution in [0.4, 0.5) is 0 Å². The molecule has 0 amide bonds. The summed E-state index contributed by atoms with van der Waals surface area (Å²) in [4.78, 5) is 0. The first-order chi connectivity index (χ1) is 11.1. The number of aromatic hydroxyl groups is 1. The number of phenols is 1. The van der Waals surface area contributed by atoms with Crippen LogP contribution in [0.1, 0.15) is 24.5 Å². The Morgan fingerprint density at radius 2 is 1.78 bits per heavy atom. The van der Waals surface area contributed by atoms with Gasteiger partial charge in [-0.3, -0.25) is 0 Å². The molecule has 0 heterocycles. The molecule has 2 aromatic rings. The van der Waals surface area contributed by atoms with Crippen molar-refractivity contribution in [3.63, 3.8) is 0 Å². The van der Waals surface area contributed by atoms with Crippen molar-refractivity contribution in [1.82, 2.24) is 5.32 Å². The van der Waals surface area contributed by atoms with Gasteiger partial charge < -0.3 is 19.9 Å². The van der Waals surface area contributed by atoms with E-state index in [1.807, 2.05) is 30.3 Å². The van der Waals surface area contributed by atoms with E-state index in [-0.39, 0.29) is 0 Å². The Bertz CT molecular complexity index is 611. The first kappa shape index (κ1) is 17.2. The van der Waals surface area contributed by atoms with Gasteiger partial charge in [0.2, 0.25) is 0 Å². The standard InChI is InChI=1S/C19H25NO3/c1-14(4-5-15-6-8-17(21)9-7-15)20-13-16-12-18(22-2)10-11-19(16)23-3/h6-12,14,20-21H,4-5,13H2,1-3H3. The lowest BCUT2D eigenvalue weighted by molar-refractivity contribution is 0.394. The summed E-state index contributed by atoms with van der Waals surface area (Å²) in [6, 6.07) is 13.6. The van der Waals surface area contributed by atoms with E-state index in [1.54, 1.807) is 26.4 Å². The Hall–Kier alpha value is -2.20. The van der Waals surface area contributed by atoms with Gasteiger partial charge in [0.1, 0.15) is 17.2 Å². The molecule has 0 saturated heterocycles. The predicted octanol–water partition coefficient (Wildman–Crippen LogP) is 3.52. The zero-order chi connectivity index (χ0) is 16.7. The smallest absolute Gasteiger partial charge is 0.123 e. The van der Waals surface area contributed by atoms with Crippen LogP contribution < -0.4 is 14.8 Å². The maximum absolute atomic E-state index is 9.30. The molecule has 0 bridgehead atoms. The number of rotatable bonds is 8. The van der Waals surface area contributed by atoms with E-state index in [0.29, 0.717) is 11.8 Å². The molecule has 0 radical (unpaired) electrons. The third-order valence-corrected chi connectivity index (χ3v) is 3.93. The van der Waals surface area contributed by atoms with Gasteiger partial charge in [0.25, 0.3) is 0 Å². The normalized spacial score (nSPS) is 12.0. The monoisotopic (exact) mass is 315 g/mol. The van der Waals surface area contributed by atoms with Gasteiger partial charge in [0.15, 0.2) is 0 Å². The molecule has 0 aliphatic carbocycles. The van der Waals surface area contributed by atoms with Crippen LogP contribution in [0.2, 0.25) is 0 Å². The molecule has 4 nitrogen and oxygen atoms in total. The average molecular weight is 315 g/mol. The predicted molar refractivity (Wildman–Crippen MR) is 92.3 cm³/mol. The van der Waals surface area contributed by atoms with Crippen molar-refractivity contribution in [2.75, 3.05) is 14.2 Å². The minimum absolute atomic E-state index is 0.310. The molecule has 1 atom stereocenters. The fraction of sp³-hybridized carbons (Fsp3) is 0.368. The van der Waals surface area contributed by atoms with Crippen LogP contribution in [-0.2, 0) is 13.0 Å².